The van der Waals surface area contributed by atoms with Crippen molar-refractivity contribution in [2.75, 3.05) is 18.4 Å². The van der Waals surface area contributed by atoms with Gasteiger partial charge in [0.15, 0.2) is 0 Å². The molecule has 116 valence electrons. The zero-order chi connectivity index (χ0) is 15.2. The van der Waals surface area contributed by atoms with Gasteiger partial charge in [0, 0.05) is 24.7 Å². The van der Waals surface area contributed by atoms with Gasteiger partial charge in [-0.05, 0) is 56.5 Å². The molecule has 2 rings (SSSR count). The summed E-state index contributed by atoms with van der Waals surface area (Å²) in [4.78, 5) is 14.2. The number of hydrogen-bond acceptors (Lipinski definition) is 3. The maximum absolute atomic E-state index is 11.7. The second-order valence-corrected chi connectivity index (χ2v) is 6.39. The van der Waals surface area contributed by atoms with Crippen LogP contribution in [-0.2, 0) is 11.3 Å². The molecule has 1 fully saturated rings. The number of likely N-dealkylation sites (tertiary alicyclic amines) is 1. The number of amides is 1. The van der Waals surface area contributed by atoms with Crippen molar-refractivity contribution in [1.29, 1.82) is 0 Å². The van der Waals surface area contributed by atoms with Crippen molar-refractivity contribution < 1.29 is 4.79 Å². The molecule has 1 aliphatic heterocycles. The van der Waals surface area contributed by atoms with Crippen LogP contribution in [0.4, 0.5) is 5.69 Å². The van der Waals surface area contributed by atoms with E-state index < -0.39 is 0 Å². The van der Waals surface area contributed by atoms with E-state index in [0.29, 0.717) is 6.42 Å². The van der Waals surface area contributed by atoms with Gasteiger partial charge in [-0.15, -0.1) is 0 Å². The fraction of sp³-hybridized carbons (Fsp3) is 0.588. The van der Waals surface area contributed by atoms with Gasteiger partial charge in [0.05, 0.1) is 0 Å². The number of nitrogens with one attached hydrogen (secondary N) is 1. The highest BCUT2D eigenvalue weighted by molar-refractivity contribution is 5.91. The summed E-state index contributed by atoms with van der Waals surface area (Å²) in [5, 5.41) is 2.88. The van der Waals surface area contributed by atoms with E-state index in [-0.39, 0.29) is 11.9 Å². The molecule has 0 saturated carbocycles. The second kappa shape index (κ2) is 7.57. The molecule has 0 radical (unpaired) electrons. The first kappa shape index (κ1) is 16.0. The number of carbonyl (C=O) groups is 1. The molecule has 1 aromatic carbocycles. The molecule has 1 unspecified atom stereocenters. The van der Waals surface area contributed by atoms with E-state index in [1.165, 1.54) is 31.5 Å². The summed E-state index contributed by atoms with van der Waals surface area (Å²) < 4.78 is 0. The van der Waals surface area contributed by atoms with Gasteiger partial charge in [-0.3, -0.25) is 9.69 Å². The summed E-state index contributed by atoms with van der Waals surface area (Å²) in [5.41, 5.74) is 7.76. The Morgan fingerprint density at radius 1 is 1.33 bits per heavy atom. The van der Waals surface area contributed by atoms with Gasteiger partial charge in [-0.25, -0.2) is 0 Å². The third-order valence-corrected chi connectivity index (χ3v) is 4.03. The van der Waals surface area contributed by atoms with Crippen molar-refractivity contribution in [3.63, 3.8) is 0 Å². The average Bonchev–Trinajstić information content (AvgIpc) is 2.42. The summed E-state index contributed by atoms with van der Waals surface area (Å²) in [7, 11) is 0. The molecule has 4 nitrogen and oxygen atoms in total. The molecule has 1 heterocycles. The summed E-state index contributed by atoms with van der Waals surface area (Å²) >= 11 is 0. The molecule has 0 spiro atoms. The first-order valence-corrected chi connectivity index (χ1v) is 7.89. The van der Waals surface area contributed by atoms with Crippen LogP contribution in [0, 0.1) is 5.92 Å². The summed E-state index contributed by atoms with van der Waals surface area (Å²) in [6.45, 7) is 7.54. The minimum atomic E-state index is -0.106. The maximum Gasteiger partial charge on any atom is 0.225 e. The van der Waals surface area contributed by atoms with Crippen LogP contribution in [-0.4, -0.2) is 29.9 Å². The van der Waals surface area contributed by atoms with Crippen molar-refractivity contribution in [1.82, 2.24) is 4.90 Å². The van der Waals surface area contributed by atoms with Gasteiger partial charge in [-0.2, -0.15) is 0 Å². The Hall–Kier alpha value is -1.39. The Labute approximate surface area is 127 Å². The molecular weight excluding hydrogens is 262 g/mol. The average molecular weight is 289 g/mol. The van der Waals surface area contributed by atoms with E-state index in [4.69, 9.17) is 5.73 Å². The number of benzene rings is 1. The standard InChI is InChI=1S/C17H27N3O/c1-13-7-9-20(10-8-13)12-15-3-5-16(6-4-15)19-17(21)11-14(2)18/h3-6,13-14H,7-12,18H2,1-2H3,(H,19,21). The van der Waals surface area contributed by atoms with Crippen molar-refractivity contribution in [3.05, 3.63) is 29.8 Å². The fourth-order valence-electron chi connectivity index (χ4n) is 2.68. The number of nitrogens with zero attached hydrogens (tertiary/aromatic N) is 1. The monoisotopic (exact) mass is 289 g/mol. The number of piperidine rings is 1. The molecule has 21 heavy (non-hydrogen) atoms. The van der Waals surface area contributed by atoms with E-state index in [1.807, 2.05) is 19.1 Å². The van der Waals surface area contributed by atoms with E-state index in [2.05, 4.69) is 29.3 Å². The Morgan fingerprint density at radius 3 is 2.52 bits per heavy atom. The Kier molecular flexibility index (Phi) is 5.76. The first-order valence-electron chi connectivity index (χ1n) is 7.89. The van der Waals surface area contributed by atoms with E-state index in [9.17, 15) is 4.79 Å². The van der Waals surface area contributed by atoms with Gasteiger partial charge >= 0.3 is 0 Å². The van der Waals surface area contributed by atoms with Crippen molar-refractivity contribution in [2.24, 2.45) is 11.7 Å². The van der Waals surface area contributed by atoms with Gasteiger partial charge in [0.1, 0.15) is 0 Å². The molecule has 4 heteroatoms. The number of anilines is 1. The zero-order valence-electron chi connectivity index (χ0n) is 13.1. The van der Waals surface area contributed by atoms with Crippen LogP contribution >= 0.6 is 0 Å². The van der Waals surface area contributed by atoms with Gasteiger partial charge in [0.2, 0.25) is 5.91 Å². The molecule has 0 bridgehead atoms. The van der Waals surface area contributed by atoms with Crippen LogP contribution in [0.1, 0.15) is 38.7 Å². The molecule has 0 aliphatic carbocycles. The minimum Gasteiger partial charge on any atom is -0.327 e. The van der Waals surface area contributed by atoms with E-state index >= 15 is 0 Å². The lowest BCUT2D eigenvalue weighted by molar-refractivity contribution is -0.116. The van der Waals surface area contributed by atoms with Crippen LogP contribution in [0.25, 0.3) is 0 Å². The molecule has 1 aromatic rings. The fourth-order valence-corrected chi connectivity index (χ4v) is 2.68. The van der Waals surface area contributed by atoms with Crippen molar-refractivity contribution >= 4 is 11.6 Å². The lowest BCUT2D eigenvalue weighted by atomic mass is 9.99. The largest absolute Gasteiger partial charge is 0.327 e. The molecule has 1 saturated heterocycles. The van der Waals surface area contributed by atoms with Crippen LogP contribution < -0.4 is 11.1 Å². The van der Waals surface area contributed by atoms with E-state index in [1.54, 1.807) is 0 Å². The number of carbonyl (C=O) groups excluding carboxylic acids is 1. The van der Waals surface area contributed by atoms with Gasteiger partial charge in [0.25, 0.3) is 0 Å². The molecule has 1 atom stereocenters. The summed E-state index contributed by atoms with van der Waals surface area (Å²) in [5.74, 6) is 0.839. The van der Waals surface area contributed by atoms with Crippen LogP contribution in [0.2, 0.25) is 0 Å². The topological polar surface area (TPSA) is 58.4 Å². The number of hydrogen-bond donors (Lipinski definition) is 2. The van der Waals surface area contributed by atoms with Crippen molar-refractivity contribution in [2.45, 2.75) is 45.7 Å². The van der Waals surface area contributed by atoms with Crippen LogP contribution in [0.15, 0.2) is 24.3 Å². The first-order chi connectivity index (χ1) is 10.0. The van der Waals surface area contributed by atoms with Crippen molar-refractivity contribution in [3.8, 4) is 0 Å². The lowest BCUT2D eigenvalue weighted by Crippen LogP contribution is -2.32. The summed E-state index contributed by atoms with van der Waals surface area (Å²) in [6.07, 6.45) is 2.95. The lowest BCUT2D eigenvalue weighted by Gasteiger charge is -2.30. The number of rotatable bonds is 5. The predicted octanol–water partition coefficient (Wildman–Crippen LogP) is 2.59. The highest BCUT2D eigenvalue weighted by Crippen LogP contribution is 2.19. The molecule has 3 N–H and O–H groups in total. The number of nitrogens with two attached hydrogens (primary N) is 1. The molecule has 0 aromatic heterocycles. The Balaban J connectivity index is 1.83. The molecule has 1 aliphatic rings. The molecule has 1 amide bonds. The highest BCUT2D eigenvalue weighted by atomic mass is 16.1. The van der Waals surface area contributed by atoms with Gasteiger partial charge in [-0.1, -0.05) is 19.1 Å². The SMILES string of the molecule is CC(N)CC(=O)Nc1ccc(CN2CCC(C)CC2)cc1. The predicted molar refractivity (Wildman–Crippen MR) is 87.0 cm³/mol. The quantitative estimate of drug-likeness (QED) is 0.876. The van der Waals surface area contributed by atoms with E-state index in [0.717, 1.165) is 18.2 Å². The Bertz CT molecular complexity index is 448. The second-order valence-electron chi connectivity index (χ2n) is 6.39. The smallest absolute Gasteiger partial charge is 0.225 e. The Morgan fingerprint density at radius 2 is 1.95 bits per heavy atom. The zero-order valence-corrected chi connectivity index (χ0v) is 13.1. The molecular formula is C17H27N3O. The van der Waals surface area contributed by atoms with Gasteiger partial charge < -0.3 is 11.1 Å². The highest BCUT2D eigenvalue weighted by Gasteiger charge is 2.15. The maximum atomic E-state index is 11.7. The minimum absolute atomic E-state index is 0.0252. The summed E-state index contributed by atoms with van der Waals surface area (Å²) in [6, 6.07) is 8.03. The van der Waals surface area contributed by atoms with Crippen LogP contribution in [0.5, 0.6) is 0 Å². The third-order valence-electron chi connectivity index (χ3n) is 4.03. The normalized spacial score (nSPS) is 18.4. The van der Waals surface area contributed by atoms with Crippen LogP contribution in [0.3, 0.4) is 0 Å². The third kappa shape index (κ3) is 5.48.